The molecule has 0 atom stereocenters. The minimum Gasteiger partial charge on any atom is -0.303 e. The Hall–Kier alpha value is -0.300. The first kappa shape index (κ1) is 7.80. The molecule has 1 aliphatic rings. The third-order valence-corrected chi connectivity index (χ3v) is 2.23. The molecule has 0 heterocycles. The van der Waals surface area contributed by atoms with E-state index in [9.17, 15) is 0 Å². The quantitative estimate of drug-likeness (QED) is 0.541. The van der Waals surface area contributed by atoms with Gasteiger partial charge in [0.05, 0.1) is 0 Å². The van der Waals surface area contributed by atoms with Crippen molar-refractivity contribution in [3.8, 4) is 0 Å². The predicted molar refractivity (Wildman–Crippen MR) is 45.1 cm³/mol. The summed E-state index contributed by atoms with van der Waals surface area (Å²) >= 11 is 0. The van der Waals surface area contributed by atoms with Crippen molar-refractivity contribution in [2.24, 2.45) is 0 Å². The van der Waals surface area contributed by atoms with Gasteiger partial charge in [0.2, 0.25) is 0 Å². The summed E-state index contributed by atoms with van der Waals surface area (Å²) in [6.45, 7) is 4.49. The first-order valence-corrected chi connectivity index (χ1v) is 4.19. The van der Waals surface area contributed by atoms with Crippen LogP contribution in [0.15, 0.2) is 11.6 Å². The molecule has 10 heavy (non-hydrogen) atoms. The third-order valence-electron chi connectivity index (χ3n) is 2.23. The highest BCUT2D eigenvalue weighted by Crippen LogP contribution is 2.24. The zero-order chi connectivity index (χ0) is 7.40. The van der Waals surface area contributed by atoms with Crippen LogP contribution in [0.25, 0.3) is 0 Å². The second-order valence-corrected chi connectivity index (χ2v) is 3.07. The maximum Gasteiger partial charge on any atom is 0.0162 e. The molecule has 1 nitrogen and oxygen atoms in total. The van der Waals surface area contributed by atoms with Crippen molar-refractivity contribution in [2.45, 2.75) is 26.2 Å². The van der Waals surface area contributed by atoms with E-state index in [0.29, 0.717) is 0 Å². The first-order valence-electron chi connectivity index (χ1n) is 4.19. The standard InChI is InChI=1S/C9H17N/c1-3-10(2)8-7-9-5-4-6-9/h7H,3-6,8H2,1-2H3. The first-order chi connectivity index (χ1) is 4.83. The Kier molecular flexibility index (Phi) is 2.94. The molecule has 0 aliphatic heterocycles. The highest BCUT2D eigenvalue weighted by Gasteiger charge is 2.06. The summed E-state index contributed by atoms with van der Waals surface area (Å²) in [5, 5.41) is 0. The highest BCUT2D eigenvalue weighted by molar-refractivity contribution is 5.09. The summed E-state index contributed by atoms with van der Waals surface area (Å²) in [5.74, 6) is 0. The van der Waals surface area contributed by atoms with Gasteiger partial charge < -0.3 is 4.90 Å². The molecule has 58 valence electrons. The molecule has 1 saturated carbocycles. The minimum atomic E-state index is 1.14. The van der Waals surface area contributed by atoms with E-state index >= 15 is 0 Å². The molecule has 1 aliphatic carbocycles. The molecular weight excluding hydrogens is 122 g/mol. The zero-order valence-corrected chi connectivity index (χ0v) is 7.06. The van der Waals surface area contributed by atoms with Crippen LogP contribution in [0.4, 0.5) is 0 Å². The van der Waals surface area contributed by atoms with Gasteiger partial charge >= 0.3 is 0 Å². The molecule has 0 aromatic carbocycles. The minimum absolute atomic E-state index is 1.14. The van der Waals surface area contributed by atoms with Gasteiger partial charge in [-0.3, -0.25) is 0 Å². The van der Waals surface area contributed by atoms with Crippen molar-refractivity contribution >= 4 is 0 Å². The molecule has 0 saturated heterocycles. The number of rotatable bonds is 3. The number of hydrogen-bond donors (Lipinski definition) is 0. The lowest BCUT2D eigenvalue weighted by atomic mass is 9.92. The summed E-state index contributed by atoms with van der Waals surface area (Å²) < 4.78 is 0. The van der Waals surface area contributed by atoms with Crippen LogP contribution in [0.2, 0.25) is 0 Å². The predicted octanol–water partition coefficient (Wildman–Crippen LogP) is 2.05. The fourth-order valence-electron chi connectivity index (χ4n) is 0.999. The number of nitrogens with zero attached hydrogens (tertiary/aromatic N) is 1. The largest absolute Gasteiger partial charge is 0.303 e. The molecule has 0 bridgehead atoms. The topological polar surface area (TPSA) is 3.24 Å². The van der Waals surface area contributed by atoms with Gasteiger partial charge in [-0.05, 0) is 32.9 Å². The Labute approximate surface area is 63.7 Å². The lowest BCUT2D eigenvalue weighted by molar-refractivity contribution is 0.389. The Balaban J connectivity index is 2.13. The van der Waals surface area contributed by atoms with E-state index in [2.05, 4.69) is 24.9 Å². The van der Waals surface area contributed by atoms with E-state index in [0.717, 1.165) is 13.1 Å². The Morgan fingerprint density at radius 1 is 1.50 bits per heavy atom. The van der Waals surface area contributed by atoms with Gasteiger partial charge in [-0.15, -0.1) is 0 Å². The molecule has 0 radical (unpaired) electrons. The van der Waals surface area contributed by atoms with Crippen molar-refractivity contribution < 1.29 is 0 Å². The van der Waals surface area contributed by atoms with Crippen LogP contribution in [0.3, 0.4) is 0 Å². The van der Waals surface area contributed by atoms with Crippen LogP contribution in [-0.2, 0) is 0 Å². The van der Waals surface area contributed by atoms with Crippen LogP contribution < -0.4 is 0 Å². The second kappa shape index (κ2) is 3.77. The van der Waals surface area contributed by atoms with Gasteiger partial charge in [0, 0.05) is 6.54 Å². The van der Waals surface area contributed by atoms with E-state index in [4.69, 9.17) is 0 Å². The maximum atomic E-state index is 2.38. The molecule has 0 aromatic heterocycles. The third kappa shape index (κ3) is 2.14. The molecular formula is C9H17N. The van der Waals surface area contributed by atoms with Crippen molar-refractivity contribution in [1.82, 2.24) is 4.90 Å². The summed E-state index contributed by atoms with van der Waals surface area (Å²) in [7, 11) is 2.16. The molecule has 0 aromatic rings. The molecule has 0 amide bonds. The summed E-state index contributed by atoms with van der Waals surface area (Å²) in [6, 6.07) is 0. The normalized spacial score (nSPS) is 17.3. The summed E-state index contributed by atoms with van der Waals surface area (Å²) in [6.07, 6.45) is 6.52. The summed E-state index contributed by atoms with van der Waals surface area (Å²) in [5.41, 5.74) is 1.67. The fourth-order valence-corrected chi connectivity index (χ4v) is 0.999. The fraction of sp³-hybridized carbons (Fsp3) is 0.778. The number of hydrogen-bond acceptors (Lipinski definition) is 1. The van der Waals surface area contributed by atoms with Gasteiger partial charge in [-0.1, -0.05) is 18.6 Å². The van der Waals surface area contributed by atoms with Crippen LogP contribution in [0.5, 0.6) is 0 Å². The Morgan fingerprint density at radius 2 is 2.20 bits per heavy atom. The smallest absolute Gasteiger partial charge is 0.0162 e. The van der Waals surface area contributed by atoms with Crippen molar-refractivity contribution in [3.05, 3.63) is 11.6 Å². The van der Waals surface area contributed by atoms with Gasteiger partial charge in [0.1, 0.15) is 0 Å². The SMILES string of the molecule is CCN(C)CC=C1CCC1. The van der Waals surface area contributed by atoms with E-state index in [1.165, 1.54) is 19.3 Å². The monoisotopic (exact) mass is 139 g/mol. The molecule has 1 fully saturated rings. The summed E-state index contributed by atoms with van der Waals surface area (Å²) in [4.78, 5) is 2.32. The molecule has 0 N–H and O–H groups in total. The second-order valence-electron chi connectivity index (χ2n) is 3.07. The van der Waals surface area contributed by atoms with E-state index in [-0.39, 0.29) is 0 Å². The van der Waals surface area contributed by atoms with Gasteiger partial charge in [-0.2, -0.15) is 0 Å². The highest BCUT2D eigenvalue weighted by atomic mass is 15.1. The number of allylic oxidation sites excluding steroid dienone is 1. The average Bonchev–Trinajstić information content (AvgIpc) is 1.84. The molecule has 1 heteroatoms. The van der Waals surface area contributed by atoms with Crippen LogP contribution in [0.1, 0.15) is 26.2 Å². The van der Waals surface area contributed by atoms with Crippen molar-refractivity contribution in [2.75, 3.05) is 20.1 Å². The lowest BCUT2D eigenvalue weighted by Crippen LogP contribution is -2.18. The zero-order valence-electron chi connectivity index (χ0n) is 7.06. The van der Waals surface area contributed by atoms with Crippen molar-refractivity contribution in [1.29, 1.82) is 0 Å². The van der Waals surface area contributed by atoms with Crippen molar-refractivity contribution in [3.63, 3.8) is 0 Å². The van der Waals surface area contributed by atoms with Crippen LogP contribution in [-0.4, -0.2) is 25.0 Å². The molecule has 0 spiro atoms. The Bertz CT molecular complexity index is 121. The average molecular weight is 139 g/mol. The number of likely N-dealkylation sites (N-methyl/N-ethyl adjacent to an activating group) is 1. The van der Waals surface area contributed by atoms with E-state index in [1.54, 1.807) is 5.57 Å². The van der Waals surface area contributed by atoms with E-state index < -0.39 is 0 Å². The van der Waals surface area contributed by atoms with Gasteiger partial charge in [0.25, 0.3) is 0 Å². The molecule has 0 unspecified atom stereocenters. The Morgan fingerprint density at radius 3 is 2.60 bits per heavy atom. The molecule has 1 rings (SSSR count). The van der Waals surface area contributed by atoms with Gasteiger partial charge in [0.15, 0.2) is 0 Å². The van der Waals surface area contributed by atoms with Crippen LogP contribution >= 0.6 is 0 Å². The van der Waals surface area contributed by atoms with Gasteiger partial charge in [-0.25, -0.2) is 0 Å². The lowest BCUT2D eigenvalue weighted by Gasteiger charge is -2.18. The van der Waals surface area contributed by atoms with E-state index in [1.807, 2.05) is 0 Å². The maximum absolute atomic E-state index is 2.38. The van der Waals surface area contributed by atoms with Crippen LogP contribution in [0, 0.1) is 0 Å².